The van der Waals surface area contributed by atoms with Crippen LogP contribution in [0.1, 0.15) is 30.9 Å². The van der Waals surface area contributed by atoms with E-state index in [9.17, 15) is 10.1 Å². The van der Waals surface area contributed by atoms with E-state index in [1.165, 1.54) is 17.3 Å². The number of amides is 1. The van der Waals surface area contributed by atoms with Gasteiger partial charge in [-0.25, -0.2) is 4.98 Å². The minimum atomic E-state index is -0.148. The van der Waals surface area contributed by atoms with Crippen molar-refractivity contribution in [2.75, 3.05) is 24.3 Å². The zero-order valence-corrected chi connectivity index (χ0v) is 17.6. The molecule has 0 spiro atoms. The smallest absolute Gasteiger partial charge is 0.234 e. The van der Waals surface area contributed by atoms with Crippen molar-refractivity contribution in [2.45, 2.75) is 24.8 Å². The minimum absolute atomic E-state index is 0.148. The lowest BCUT2D eigenvalue weighted by Crippen LogP contribution is -2.15. The molecule has 0 saturated heterocycles. The van der Waals surface area contributed by atoms with Crippen LogP contribution in [-0.4, -0.2) is 29.9 Å². The highest BCUT2D eigenvalue weighted by Crippen LogP contribution is 2.35. The molecule has 1 aromatic heterocycles. The molecule has 7 heteroatoms. The second kappa shape index (κ2) is 8.64. The molecule has 0 fully saturated rings. The Bertz CT molecular complexity index is 1140. The normalized spacial score (nSPS) is 12.6. The Morgan fingerprint density at radius 1 is 1.17 bits per heavy atom. The van der Waals surface area contributed by atoms with Crippen LogP contribution in [0.5, 0.6) is 11.5 Å². The van der Waals surface area contributed by atoms with E-state index in [1.54, 1.807) is 6.07 Å². The molecule has 0 bridgehead atoms. The monoisotopic (exact) mass is 419 g/mol. The summed E-state index contributed by atoms with van der Waals surface area (Å²) in [5.41, 5.74) is 3.10. The minimum Gasteiger partial charge on any atom is -0.486 e. The lowest BCUT2D eigenvalue weighted by molar-refractivity contribution is -0.113. The van der Waals surface area contributed by atoms with Crippen LogP contribution in [0, 0.1) is 11.3 Å². The van der Waals surface area contributed by atoms with Crippen LogP contribution >= 0.6 is 11.8 Å². The highest BCUT2D eigenvalue weighted by Gasteiger charge is 2.16. The van der Waals surface area contributed by atoms with Crippen molar-refractivity contribution in [1.29, 1.82) is 5.26 Å². The van der Waals surface area contributed by atoms with Crippen molar-refractivity contribution >= 4 is 34.3 Å². The second-order valence-electron chi connectivity index (χ2n) is 7.26. The summed E-state index contributed by atoms with van der Waals surface area (Å²) < 4.78 is 11.2. The summed E-state index contributed by atoms with van der Waals surface area (Å²) in [6.45, 7) is 5.25. The molecule has 1 aliphatic rings. The lowest BCUT2D eigenvalue weighted by atomic mass is 10.0. The van der Waals surface area contributed by atoms with Crippen LogP contribution in [0.25, 0.3) is 10.9 Å². The molecular weight excluding hydrogens is 398 g/mol. The predicted molar refractivity (Wildman–Crippen MR) is 117 cm³/mol. The Labute approximate surface area is 179 Å². The van der Waals surface area contributed by atoms with Gasteiger partial charge in [-0.05, 0) is 35.7 Å². The Morgan fingerprint density at radius 3 is 2.53 bits per heavy atom. The van der Waals surface area contributed by atoms with Crippen LogP contribution in [-0.2, 0) is 4.79 Å². The van der Waals surface area contributed by atoms with E-state index in [0.29, 0.717) is 46.7 Å². The maximum Gasteiger partial charge on any atom is 0.234 e. The van der Waals surface area contributed by atoms with Crippen LogP contribution in [0.15, 0.2) is 47.5 Å². The summed E-state index contributed by atoms with van der Waals surface area (Å²) in [4.78, 5) is 17.0. The molecule has 1 N–H and O–H groups in total. The SMILES string of the molecule is CC(C)c1ccc(NC(=O)CSc2nc3cc4c(cc3cc2C#N)OCCO4)cc1. The van der Waals surface area contributed by atoms with Gasteiger partial charge in [0.25, 0.3) is 0 Å². The molecule has 0 saturated carbocycles. The van der Waals surface area contributed by atoms with Crippen molar-refractivity contribution in [3.8, 4) is 17.6 Å². The Morgan fingerprint density at radius 2 is 1.87 bits per heavy atom. The predicted octanol–water partition coefficient (Wildman–Crippen LogP) is 4.73. The molecule has 152 valence electrons. The first-order valence-corrected chi connectivity index (χ1v) is 10.7. The molecular formula is C23H21N3O3S. The largest absolute Gasteiger partial charge is 0.486 e. The van der Waals surface area contributed by atoms with Crippen LogP contribution in [0.4, 0.5) is 5.69 Å². The fourth-order valence-corrected chi connectivity index (χ4v) is 3.93. The van der Waals surface area contributed by atoms with Crippen molar-refractivity contribution in [1.82, 2.24) is 4.98 Å². The van der Waals surface area contributed by atoms with Gasteiger partial charge < -0.3 is 14.8 Å². The van der Waals surface area contributed by atoms with Gasteiger partial charge >= 0.3 is 0 Å². The van der Waals surface area contributed by atoms with E-state index in [-0.39, 0.29) is 11.7 Å². The van der Waals surface area contributed by atoms with Crippen LogP contribution < -0.4 is 14.8 Å². The summed E-state index contributed by atoms with van der Waals surface area (Å²) in [5, 5.41) is 13.7. The van der Waals surface area contributed by atoms with Crippen molar-refractivity contribution in [3.63, 3.8) is 0 Å². The first kappa shape index (κ1) is 20.0. The van der Waals surface area contributed by atoms with E-state index in [1.807, 2.05) is 36.4 Å². The summed E-state index contributed by atoms with van der Waals surface area (Å²) in [5.74, 6) is 1.75. The van der Waals surface area contributed by atoms with Gasteiger partial charge in [0.1, 0.15) is 24.3 Å². The summed E-state index contributed by atoms with van der Waals surface area (Å²) >= 11 is 1.24. The van der Waals surface area contributed by atoms with Gasteiger partial charge in [0.05, 0.1) is 16.8 Å². The Hall–Kier alpha value is -3.24. The number of benzene rings is 2. The number of fused-ring (bicyclic) bond motifs is 2. The van der Waals surface area contributed by atoms with Crippen LogP contribution in [0.3, 0.4) is 0 Å². The third-order valence-corrected chi connectivity index (χ3v) is 5.76. The number of nitrogens with one attached hydrogen (secondary N) is 1. The maximum atomic E-state index is 12.4. The van der Waals surface area contributed by atoms with E-state index >= 15 is 0 Å². The van der Waals surface area contributed by atoms with Gasteiger partial charge in [-0.15, -0.1) is 0 Å². The summed E-state index contributed by atoms with van der Waals surface area (Å²) in [7, 11) is 0. The second-order valence-corrected chi connectivity index (χ2v) is 8.22. The number of anilines is 1. The van der Waals surface area contributed by atoms with Gasteiger partial charge in [0, 0.05) is 17.1 Å². The molecule has 1 amide bonds. The Kier molecular flexibility index (Phi) is 5.77. The molecule has 2 heterocycles. The first-order chi connectivity index (χ1) is 14.5. The standard InChI is InChI=1S/C23H21N3O3S/c1-14(2)15-3-5-18(6-4-15)25-22(27)13-30-23-17(12-24)9-16-10-20-21(11-19(16)26-23)29-8-7-28-20/h3-6,9-11,14H,7-8,13H2,1-2H3,(H,25,27). The average molecular weight is 420 g/mol. The molecule has 4 rings (SSSR count). The third-order valence-electron chi connectivity index (χ3n) is 4.77. The number of hydrogen-bond donors (Lipinski definition) is 1. The fourth-order valence-electron chi connectivity index (χ4n) is 3.17. The fraction of sp³-hybridized carbons (Fsp3) is 0.261. The summed E-state index contributed by atoms with van der Waals surface area (Å²) in [6, 6.07) is 15.4. The number of carbonyl (C=O) groups excluding carboxylic acids is 1. The van der Waals surface area contributed by atoms with E-state index in [0.717, 1.165) is 11.1 Å². The molecule has 0 atom stereocenters. The number of thioether (sulfide) groups is 1. The quantitative estimate of drug-likeness (QED) is 0.602. The maximum absolute atomic E-state index is 12.4. The van der Waals surface area contributed by atoms with E-state index in [2.05, 4.69) is 30.2 Å². The molecule has 0 radical (unpaired) electrons. The average Bonchev–Trinajstić information content (AvgIpc) is 2.76. The molecule has 3 aromatic rings. The number of ether oxygens (including phenoxy) is 2. The topological polar surface area (TPSA) is 84.2 Å². The van der Waals surface area contributed by atoms with Gasteiger partial charge in [-0.2, -0.15) is 5.26 Å². The number of aromatic nitrogens is 1. The van der Waals surface area contributed by atoms with Gasteiger partial charge in [0.2, 0.25) is 5.91 Å². The number of nitrogens with zero attached hydrogens (tertiary/aromatic N) is 2. The van der Waals surface area contributed by atoms with Gasteiger partial charge in [0.15, 0.2) is 11.5 Å². The van der Waals surface area contributed by atoms with E-state index in [4.69, 9.17) is 9.47 Å². The number of hydrogen-bond acceptors (Lipinski definition) is 6. The zero-order valence-electron chi connectivity index (χ0n) is 16.8. The molecule has 2 aromatic carbocycles. The van der Waals surface area contributed by atoms with Gasteiger partial charge in [-0.1, -0.05) is 37.7 Å². The van der Waals surface area contributed by atoms with Crippen molar-refractivity contribution in [3.05, 3.63) is 53.6 Å². The first-order valence-electron chi connectivity index (χ1n) is 9.70. The highest BCUT2D eigenvalue weighted by molar-refractivity contribution is 8.00. The van der Waals surface area contributed by atoms with Crippen LogP contribution in [0.2, 0.25) is 0 Å². The third kappa shape index (κ3) is 4.34. The number of carbonyl (C=O) groups is 1. The van der Waals surface area contributed by atoms with Crippen molar-refractivity contribution < 1.29 is 14.3 Å². The Balaban J connectivity index is 1.48. The number of nitriles is 1. The highest BCUT2D eigenvalue weighted by atomic mass is 32.2. The van der Waals surface area contributed by atoms with Gasteiger partial charge in [-0.3, -0.25) is 4.79 Å². The molecule has 1 aliphatic heterocycles. The number of pyridine rings is 1. The molecule has 30 heavy (non-hydrogen) atoms. The summed E-state index contributed by atoms with van der Waals surface area (Å²) in [6.07, 6.45) is 0. The zero-order chi connectivity index (χ0) is 21.1. The van der Waals surface area contributed by atoms with Crippen molar-refractivity contribution in [2.24, 2.45) is 0 Å². The molecule has 6 nitrogen and oxygen atoms in total. The molecule has 0 aliphatic carbocycles. The lowest BCUT2D eigenvalue weighted by Gasteiger charge is -2.18. The number of rotatable bonds is 5. The van der Waals surface area contributed by atoms with E-state index < -0.39 is 0 Å². The molecule has 0 unspecified atom stereocenters.